The highest BCUT2D eigenvalue weighted by molar-refractivity contribution is 5.94. The summed E-state index contributed by atoms with van der Waals surface area (Å²) in [7, 11) is 0. The molecule has 110 valence electrons. The molecule has 1 atom stereocenters. The molecule has 0 aromatic heterocycles. The summed E-state index contributed by atoms with van der Waals surface area (Å²) in [6.45, 7) is 4.48. The van der Waals surface area contributed by atoms with Gasteiger partial charge in [0, 0.05) is 24.2 Å². The molecule has 4 rings (SSSR count). The third kappa shape index (κ3) is 2.27. The molecule has 1 aliphatic rings. The zero-order valence-electron chi connectivity index (χ0n) is 13.0. The first-order chi connectivity index (χ1) is 10.8. The second kappa shape index (κ2) is 5.49. The monoisotopic (exact) mass is 287 g/mol. The lowest BCUT2D eigenvalue weighted by molar-refractivity contribution is 0.679. The Kier molecular flexibility index (Phi) is 3.34. The van der Waals surface area contributed by atoms with Crippen molar-refractivity contribution in [2.45, 2.75) is 25.8 Å². The van der Waals surface area contributed by atoms with E-state index in [1.807, 2.05) is 0 Å². The van der Waals surface area contributed by atoms with Crippen LogP contribution in [-0.2, 0) is 6.54 Å². The summed E-state index contributed by atoms with van der Waals surface area (Å²) < 4.78 is 0. The van der Waals surface area contributed by atoms with Crippen LogP contribution < -0.4 is 4.90 Å². The highest BCUT2D eigenvalue weighted by Crippen LogP contribution is 2.33. The van der Waals surface area contributed by atoms with Gasteiger partial charge in [-0.15, -0.1) is 0 Å². The molecule has 0 fully saturated rings. The number of fused-ring (bicyclic) bond motifs is 2. The average molecular weight is 287 g/mol. The molecule has 1 nitrogen and oxygen atoms in total. The van der Waals surface area contributed by atoms with Gasteiger partial charge in [-0.25, -0.2) is 0 Å². The lowest BCUT2D eigenvalue weighted by Crippen LogP contribution is -2.22. The summed E-state index contributed by atoms with van der Waals surface area (Å²) >= 11 is 0. The van der Waals surface area contributed by atoms with Gasteiger partial charge < -0.3 is 4.90 Å². The number of rotatable bonds is 1. The Bertz CT molecular complexity index is 800. The number of anilines is 1. The van der Waals surface area contributed by atoms with Crippen LogP contribution in [0.1, 0.15) is 30.4 Å². The first-order valence-corrected chi connectivity index (χ1v) is 8.13. The van der Waals surface area contributed by atoms with Crippen LogP contribution in [0.3, 0.4) is 0 Å². The zero-order valence-corrected chi connectivity index (χ0v) is 13.0. The smallest absolute Gasteiger partial charge is 0.0448 e. The Balaban J connectivity index is 1.80. The van der Waals surface area contributed by atoms with E-state index in [4.69, 9.17) is 0 Å². The molecule has 1 aliphatic heterocycles. The molecule has 22 heavy (non-hydrogen) atoms. The third-order valence-electron chi connectivity index (χ3n) is 4.89. The summed E-state index contributed by atoms with van der Waals surface area (Å²) in [6, 6.07) is 24.3. The molecule has 3 aromatic rings. The Labute approximate surface area is 132 Å². The highest BCUT2D eigenvalue weighted by Gasteiger charge is 2.20. The molecule has 3 aromatic carbocycles. The first kappa shape index (κ1) is 13.4. The molecule has 1 heterocycles. The van der Waals surface area contributed by atoms with E-state index in [1.54, 1.807) is 0 Å². The van der Waals surface area contributed by atoms with Gasteiger partial charge in [-0.1, -0.05) is 67.6 Å². The van der Waals surface area contributed by atoms with Gasteiger partial charge in [0.1, 0.15) is 0 Å². The topological polar surface area (TPSA) is 3.24 Å². The molecular formula is C21H21N. The van der Waals surface area contributed by atoms with Crippen molar-refractivity contribution in [3.8, 4) is 0 Å². The van der Waals surface area contributed by atoms with Crippen LogP contribution in [0.5, 0.6) is 0 Å². The number of hydrogen-bond donors (Lipinski definition) is 0. The van der Waals surface area contributed by atoms with E-state index in [9.17, 15) is 0 Å². The Morgan fingerprint density at radius 2 is 1.64 bits per heavy atom. The zero-order chi connectivity index (χ0) is 14.9. The number of benzene rings is 3. The molecule has 0 aliphatic carbocycles. The maximum atomic E-state index is 2.55. The minimum atomic E-state index is 0.635. The third-order valence-corrected chi connectivity index (χ3v) is 4.89. The maximum absolute atomic E-state index is 2.55. The quantitative estimate of drug-likeness (QED) is 0.583. The van der Waals surface area contributed by atoms with E-state index >= 15 is 0 Å². The molecule has 0 radical (unpaired) electrons. The Morgan fingerprint density at radius 1 is 0.864 bits per heavy atom. The SMILES string of the molecule is CC1CCN(c2cccc3ccccc23)Cc2ccccc21. The first-order valence-electron chi connectivity index (χ1n) is 8.13. The van der Waals surface area contributed by atoms with E-state index in [0.717, 1.165) is 13.1 Å². The van der Waals surface area contributed by atoms with Crippen molar-refractivity contribution >= 4 is 16.5 Å². The maximum Gasteiger partial charge on any atom is 0.0448 e. The van der Waals surface area contributed by atoms with Crippen molar-refractivity contribution in [2.75, 3.05) is 11.4 Å². The van der Waals surface area contributed by atoms with Crippen molar-refractivity contribution in [3.05, 3.63) is 77.9 Å². The van der Waals surface area contributed by atoms with E-state index in [0.29, 0.717) is 5.92 Å². The Morgan fingerprint density at radius 3 is 2.59 bits per heavy atom. The second-order valence-corrected chi connectivity index (χ2v) is 6.31. The van der Waals surface area contributed by atoms with Gasteiger partial charge in [0.2, 0.25) is 0 Å². The van der Waals surface area contributed by atoms with E-state index in [-0.39, 0.29) is 0 Å². The summed E-state index contributed by atoms with van der Waals surface area (Å²) in [6.07, 6.45) is 1.21. The fraction of sp³-hybridized carbons (Fsp3) is 0.238. The lowest BCUT2D eigenvalue weighted by Gasteiger charge is -2.25. The van der Waals surface area contributed by atoms with Gasteiger partial charge >= 0.3 is 0 Å². The molecule has 0 amide bonds. The van der Waals surface area contributed by atoms with Crippen molar-refractivity contribution in [2.24, 2.45) is 0 Å². The van der Waals surface area contributed by atoms with Crippen molar-refractivity contribution in [1.82, 2.24) is 0 Å². The predicted octanol–water partition coefficient (Wildman–Crippen LogP) is 5.35. The molecular weight excluding hydrogens is 266 g/mol. The van der Waals surface area contributed by atoms with Gasteiger partial charge in [0.15, 0.2) is 0 Å². The molecule has 0 bridgehead atoms. The fourth-order valence-electron chi connectivity index (χ4n) is 3.64. The molecule has 0 spiro atoms. The van der Waals surface area contributed by atoms with Crippen LogP contribution in [0.2, 0.25) is 0 Å². The molecule has 0 saturated carbocycles. The molecule has 1 unspecified atom stereocenters. The highest BCUT2D eigenvalue weighted by atomic mass is 15.1. The minimum absolute atomic E-state index is 0.635. The van der Waals surface area contributed by atoms with Gasteiger partial charge in [0.25, 0.3) is 0 Å². The van der Waals surface area contributed by atoms with Gasteiger partial charge in [-0.2, -0.15) is 0 Å². The van der Waals surface area contributed by atoms with E-state index in [1.165, 1.54) is 34.0 Å². The van der Waals surface area contributed by atoms with E-state index in [2.05, 4.69) is 78.6 Å². The van der Waals surface area contributed by atoms with Crippen molar-refractivity contribution < 1.29 is 0 Å². The summed E-state index contributed by atoms with van der Waals surface area (Å²) in [5.74, 6) is 0.635. The molecule has 0 saturated heterocycles. The van der Waals surface area contributed by atoms with Crippen LogP contribution >= 0.6 is 0 Å². The number of hydrogen-bond acceptors (Lipinski definition) is 1. The average Bonchev–Trinajstić information content (AvgIpc) is 2.74. The molecule has 0 N–H and O–H groups in total. The van der Waals surface area contributed by atoms with Crippen LogP contribution in [-0.4, -0.2) is 6.54 Å². The summed E-state index contributed by atoms with van der Waals surface area (Å²) in [5.41, 5.74) is 4.35. The van der Waals surface area contributed by atoms with Crippen LogP contribution in [0.4, 0.5) is 5.69 Å². The van der Waals surface area contributed by atoms with Gasteiger partial charge in [0.05, 0.1) is 0 Å². The normalized spacial score (nSPS) is 18.0. The predicted molar refractivity (Wildman–Crippen MR) is 94.5 cm³/mol. The van der Waals surface area contributed by atoms with Crippen LogP contribution in [0.25, 0.3) is 10.8 Å². The van der Waals surface area contributed by atoms with Gasteiger partial charge in [-0.3, -0.25) is 0 Å². The minimum Gasteiger partial charge on any atom is -0.367 e. The fourth-order valence-corrected chi connectivity index (χ4v) is 3.64. The van der Waals surface area contributed by atoms with Crippen LogP contribution in [0.15, 0.2) is 66.7 Å². The number of nitrogens with zero attached hydrogens (tertiary/aromatic N) is 1. The molecule has 1 heteroatoms. The van der Waals surface area contributed by atoms with Crippen LogP contribution in [0, 0.1) is 0 Å². The van der Waals surface area contributed by atoms with E-state index < -0.39 is 0 Å². The summed E-state index contributed by atoms with van der Waals surface area (Å²) in [5, 5.41) is 2.68. The van der Waals surface area contributed by atoms with Crippen molar-refractivity contribution in [1.29, 1.82) is 0 Å². The largest absolute Gasteiger partial charge is 0.367 e. The summed E-state index contributed by atoms with van der Waals surface area (Å²) in [4.78, 5) is 2.55. The van der Waals surface area contributed by atoms with Gasteiger partial charge in [-0.05, 0) is 34.9 Å². The lowest BCUT2D eigenvalue weighted by atomic mass is 9.95. The second-order valence-electron chi connectivity index (χ2n) is 6.31. The Hall–Kier alpha value is -2.28. The van der Waals surface area contributed by atoms with Crippen molar-refractivity contribution in [3.63, 3.8) is 0 Å². The standard InChI is InChI=1S/C21H21N/c1-16-13-14-22(15-18-8-3-4-10-19(16)18)21-12-6-9-17-7-2-5-11-20(17)21/h2-12,16H,13-15H2,1H3.